The summed E-state index contributed by atoms with van der Waals surface area (Å²) < 4.78 is 54.7. The van der Waals surface area contributed by atoms with Crippen molar-refractivity contribution in [3.05, 3.63) is 81.0 Å². The van der Waals surface area contributed by atoms with Gasteiger partial charge in [0.05, 0.1) is 12.8 Å². The van der Waals surface area contributed by atoms with Crippen LogP contribution in [0, 0.1) is 12.7 Å². The molecule has 184 valence electrons. The number of nitrogens with zero attached hydrogens (tertiary/aromatic N) is 2. The predicted molar refractivity (Wildman–Crippen MR) is 125 cm³/mol. The van der Waals surface area contributed by atoms with Crippen molar-refractivity contribution < 1.29 is 22.0 Å². The van der Waals surface area contributed by atoms with Crippen molar-refractivity contribution >= 4 is 21.6 Å². The minimum atomic E-state index is -4.28. The van der Waals surface area contributed by atoms with Crippen LogP contribution in [0.3, 0.4) is 0 Å². The van der Waals surface area contributed by atoms with E-state index in [1.54, 1.807) is 32.2 Å². The Labute approximate surface area is 204 Å². The molecular formula is C22H21ClFN5O5S. The SMILES string of the molecule is COc1cc(Cl)ccc1S(=O)(=O)N[C@H](c1n[nH]c(=O)o1)[C@H](C)c1c(F)ccc(-c2cc[nH]n2)c1C. The largest absolute Gasteiger partial charge is 0.495 e. The van der Waals surface area contributed by atoms with Crippen LogP contribution in [0.4, 0.5) is 4.39 Å². The van der Waals surface area contributed by atoms with Crippen LogP contribution < -0.4 is 15.2 Å². The van der Waals surface area contributed by atoms with E-state index in [0.29, 0.717) is 16.8 Å². The van der Waals surface area contributed by atoms with Gasteiger partial charge in [0, 0.05) is 28.8 Å². The third-order valence-electron chi connectivity index (χ3n) is 5.61. The minimum Gasteiger partial charge on any atom is -0.495 e. The molecule has 35 heavy (non-hydrogen) atoms. The lowest BCUT2D eigenvalue weighted by Crippen LogP contribution is -2.33. The Bertz CT molecular complexity index is 1520. The normalized spacial score (nSPS) is 13.5. The van der Waals surface area contributed by atoms with Gasteiger partial charge in [-0.25, -0.2) is 22.7 Å². The van der Waals surface area contributed by atoms with Crippen LogP contribution in [0.1, 0.15) is 35.9 Å². The maximum atomic E-state index is 15.2. The zero-order valence-corrected chi connectivity index (χ0v) is 20.4. The summed E-state index contributed by atoms with van der Waals surface area (Å²) in [6.45, 7) is 3.30. The first-order valence-corrected chi connectivity index (χ1v) is 12.2. The molecule has 2 atom stereocenters. The van der Waals surface area contributed by atoms with E-state index in [0.717, 1.165) is 0 Å². The van der Waals surface area contributed by atoms with Crippen LogP contribution in [0.2, 0.25) is 5.02 Å². The van der Waals surface area contributed by atoms with Gasteiger partial charge in [0.1, 0.15) is 22.5 Å². The number of aromatic amines is 2. The molecule has 13 heteroatoms. The summed E-state index contributed by atoms with van der Waals surface area (Å²) >= 11 is 5.96. The second kappa shape index (κ2) is 9.64. The quantitative estimate of drug-likeness (QED) is 0.321. The molecule has 0 radical (unpaired) electrons. The Morgan fingerprint density at radius 2 is 1.97 bits per heavy atom. The number of hydrogen-bond acceptors (Lipinski definition) is 7. The van der Waals surface area contributed by atoms with E-state index in [1.807, 2.05) is 0 Å². The van der Waals surface area contributed by atoms with Crippen molar-refractivity contribution in [2.24, 2.45) is 0 Å². The molecule has 2 aromatic heterocycles. The maximum Gasteiger partial charge on any atom is 0.434 e. The van der Waals surface area contributed by atoms with Crippen LogP contribution in [-0.4, -0.2) is 35.9 Å². The van der Waals surface area contributed by atoms with Gasteiger partial charge in [0.25, 0.3) is 0 Å². The predicted octanol–water partition coefficient (Wildman–Crippen LogP) is 3.69. The number of sulfonamides is 1. The number of methoxy groups -OCH3 is 1. The molecular weight excluding hydrogens is 501 g/mol. The number of benzene rings is 2. The lowest BCUT2D eigenvalue weighted by Gasteiger charge is -2.25. The summed E-state index contributed by atoms with van der Waals surface area (Å²) in [6, 6.07) is 7.34. The number of ether oxygens (including phenoxy) is 1. The number of hydrogen-bond donors (Lipinski definition) is 3. The monoisotopic (exact) mass is 521 g/mol. The van der Waals surface area contributed by atoms with Gasteiger partial charge in [-0.15, -0.1) is 5.10 Å². The number of H-pyrrole nitrogens is 2. The number of halogens is 2. The molecule has 0 saturated heterocycles. The Morgan fingerprint density at radius 1 is 1.20 bits per heavy atom. The second-order valence-electron chi connectivity index (χ2n) is 7.73. The van der Waals surface area contributed by atoms with E-state index < -0.39 is 33.6 Å². The zero-order chi connectivity index (χ0) is 25.3. The van der Waals surface area contributed by atoms with Gasteiger partial charge in [-0.3, -0.25) is 5.10 Å². The number of nitrogens with one attached hydrogen (secondary N) is 3. The first kappa shape index (κ1) is 24.6. The molecule has 0 aliphatic heterocycles. The Balaban J connectivity index is 1.82. The molecule has 2 heterocycles. The fourth-order valence-electron chi connectivity index (χ4n) is 3.94. The molecule has 10 nitrogen and oxygen atoms in total. The molecule has 2 aromatic carbocycles. The third-order valence-corrected chi connectivity index (χ3v) is 7.33. The van der Waals surface area contributed by atoms with E-state index in [4.69, 9.17) is 20.8 Å². The van der Waals surface area contributed by atoms with Crippen LogP contribution in [0.5, 0.6) is 5.75 Å². The van der Waals surface area contributed by atoms with Gasteiger partial charge in [-0.05, 0) is 48.4 Å². The number of rotatable bonds is 8. The Kier molecular flexibility index (Phi) is 6.79. The smallest absolute Gasteiger partial charge is 0.434 e. The average Bonchev–Trinajstić information content (AvgIpc) is 3.49. The molecule has 0 unspecified atom stereocenters. The van der Waals surface area contributed by atoms with E-state index in [1.165, 1.54) is 31.4 Å². The van der Waals surface area contributed by atoms with E-state index in [-0.39, 0.29) is 27.1 Å². The Morgan fingerprint density at radius 3 is 2.60 bits per heavy atom. The van der Waals surface area contributed by atoms with E-state index >= 15 is 4.39 Å². The highest BCUT2D eigenvalue weighted by Gasteiger charge is 2.34. The van der Waals surface area contributed by atoms with Crippen LogP contribution >= 0.6 is 11.6 Å². The topological polar surface area (TPSA) is 143 Å². The van der Waals surface area contributed by atoms with E-state index in [9.17, 15) is 13.2 Å². The summed E-state index contributed by atoms with van der Waals surface area (Å²) in [5.74, 6) is -2.58. The first-order valence-electron chi connectivity index (χ1n) is 10.3. The average molecular weight is 522 g/mol. The van der Waals surface area contributed by atoms with E-state index in [2.05, 4.69) is 25.1 Å². The molecule has 0 bridgehead atoms. The molecule has 0 spiro atoms. The highest BCUT2D eigenvalue weighted by atomic mass is 35.5. The summed E-state index contributed by atoms with van der Waals surface area (Å²) in [7, 11) is -2.98. The highest BCUT2D eigenvalue weighted by Crippen LogP contribution is 2.38. The molecule has 4 aromatic rings. The van der Waals surface area contributed by atoms with Crippen molar-refractivity contribution in [2.45, 2.75) is 30.7 Å². The van der Waals surface area contributed by atoms with Gasteiger partial charge in [0.15, 0.2) is 0 Å². The second-order valence-corrected chi connectivity index (χ2v) is 9.85. The van der Waals surface area contributed by atoms with Gasteiger partial charge in [-0.2, -0.15) is 9.82 Å². The van der Waals surface area contributed by atoms with Crippen LogP contribution in [0.25, 0.3) is 11.3 Å². The molecule has 0 fully saturated rings. The molecule has 0 saturated carbocycles. The van der Waals surface area contributed by atoms with Gasteiger partial charge < -0.3 is 9.15 Å². The Hall–Kier alpha value is -3.48. The van der Waals surface area contributed by atoms with Gasteiger partial charge in [-0.1, -0.05) is 18.5 Å². The van der Waals surface area contributed by atoms with Crippen molar-refractivity contribution in [2.75, 3.05) is 7.11 Å². The summed E-state index contributed by atoms with van der Waals surface area (Å²) in [5.41, 5.74) is 1.98. The number of aromatic nitrogens is 4. The fraction of sp³-hybridized carbons (Fsp3) is 0.227. The van der Waals surface area contributed by atoms with Gasteiger partial charge >= 0.3 is 5.76 Å². The highest BCUT2D eigenvalue weighted by molar-refractivity contribution is 7.89. The molecule has 0 aliphatic carbocycles. The first-order chi connectivity index (χ1) is 16.6. The molecule has 4 rings (SSSR count). The molecule has 0 aliphatic rings. The summed E-state index contributed by atoms with van der Waals surface area (Å²) in [5, 5.41) is 13.1. The fourth-order valence-corrected chi connectivity index (χ4v) is 5.53. The lowest BCUT2D eigenvalue weighted by atomic mass is 9.87. The maximum absolute atomic E-state index is 15.2. The van der Waals surface area contributed by atoms with Crippen LogP contribution in [0.15, 0.2) is 56.7 Å². The van der Waals surface area contributed by atoms with Gasteiger partial charge in [0.2, 0.25) is 15.9 Å². The summed E-state index contributed by atoms with van der Waals surface area (Å²) in [4.78, 5) is 11.5. The zero-order valence-electron chi connectivity index (χ0n) is 18.8. The minimum absolute atomic E-state index is 0.00257. The third kappa shape index (κ3) is 4.85. The molecule has 3 N–H and O–H groups in total. The standard InChI is InChI=1S/C22H21ClFN5O5S/c1-11-14(16-8-9-25-26-16)5-6-15(24)19(11)12(2)20(21-27-28-22(30)34-21)29-35(31,32)18-7-4-13(23)10-17(18)33-3/h4-10,12,20,29H,1-3H3,(H,25,26)(H,28,30)/t12-,20+/m1/s1. The van der Waals surface area contributed by atoms with Crippen molar-refractivity contribution in [3.8, 4) is 17.0 Å². The van der Waals surface area contributed by atoms with Crippen LogP contribution in [-0.2, 0) is 10.0 Å². The summed E-state index contributed by atoms with van der Waals surface area (Å²) in [6.07, 6.45) is 1.63. The lowest BCUT2D eigenvalue weighted by molar-refractivity contribution is 0.374. The van der Waals surface area contributed by atoms with Crippen molar-refractivity contribution in [1.29, 1.82) is 0 Å². The molecule has 0 amide bonds. The van der Waals surface area contributed by atoms with Crippen molar-refractivity contribution in [1.82, 2.24) is 25.1 Å². The van der Waals surface area contributed by atoms with Crippen molar-refractivity contribution in [3.63, 3.8) is 0 Å².